The Bertz CT molecular complexity index is 1190. The molecular formula is C18H17N5O6S. The lowest BCUT2D eigenvalue weighted by Crippen LogP contribution is -2.30. The highest BCUT2D eigenvalue weighted by Gasteiger charge is 2.28. The molecule has 0 N–H and O–H groups in total. The average molecular weight is 431 g/mol. The molecule has 30 heavy (non-hydrogen) atoms. The summed E-state index contributed by atoms with van der Waals surface area (Å²) in [4.78, 5) is 25.9. The summed E-state index contributed by atoms with van der Waals surface area (Å²) in [5.74, 6) is -1.10. The number of benzene rings is 2. The summed E-state index contributed by atoms with van der Waals surface area (Å²) in [6, 6.07) is 11.8. The summed E-state index contributed by atoms with van der Waals surface area (Å²) in [6.45, 7) is 1.80. The largest absolute Gasteiger partial charge is 0.463 e. The summed E-state index contributed by atoms with van der Waals surface area (Å²) in [7, 11) is -2.91. The second-order valence-electron chi connectivity index (χ2n) is 5.92. The van der Waals surface area contributed by atoms with Crippen molar-refractivity contribution in [2.24, 2.45) is 0 Å². The molecule has 0 saturated heterocycles. The fourth-order valence-electron chi connectivity index (χ4n) is 2.78. The van der Waals surface area contributed by atoms with Gasteiger partial charge in [0, 0.05) is 12.6 Å². The molecule has 0 radical (unpaired) electrons. The van der Waals surface area contributed by atoms with Crippen molar-refractivity contribution in [3.05, 3.63) is 70.8 Å². The van der Waals surface area contributed by atoms with Gasteiger partial charge in [0.25, 0.3) is 21.5 Å². The maximum atomic E-state index is 13.1. The van der Waals surface area contributed by atoms with Crippen LogP contribution in [0.5, 0.6) is 0 Å². The minimum absolute atomic E-state index is 0.0515. The number of rotatable bonds is 7. The number of para-hydroxylation sites is 1. The first kappa shape index (κ1) is 20.9. The van der Waals surface area contributed by atoms with Crippen LogP contribution in [0.15, 0.2) is 59.8 Å². The first-order chi connectivity index (χ1) is 14.3. The number of carbonyl (C=O) groups is 1. The van der Waals surface area contributed by atoms with E-state index < -0.39 is 26.6 Å². The van der Waals surface area contributed by atoms with Gasteiger partial charge in [0.05, 0.1) is 22.6 Å². The number of methoxy groups -OCH3 is 1. The quantitative estimate of drug-likeness (QED) is 0.315. The molecule has 2 aromatic carbocycles. The van der Waals surface area contributed by atoms with Gasteiger partial charge in [-0.15, -0.1) is 5.10 Å². The lowest BCUT2D eigenvalue weighted by molar-refractivity contribution is -0.384. The molecule has 0 aliphatic heterocycles. The number of ether oxygens (including phenoxy) is 1. The van der Waals surface area contributed by atoms with E-state index in [4.69, 9.17) is 0 Å². The van der Waals surface area contributed by atoms with E-state index >= 15 is 0 Å². The fraction of sp³-hybridized carbons (Fsp3) is 0.167. The maximum absolute atomic E-state index is 13.1. The Morgan fingerprint density at radius 3 is 2.53 bits per heavy atom. The van der Waals surface area contributed by atoms with Gasteiger partial charge in [-0.1, -0.05) is 18.2 Å². The maximum Gasteiger partial charge on any atom is 0.377 e. The van der Waals surface area contributed by atoms with Crippen LogP contribution < -0.4 is 4.31 Å². The van der Waals surface area contributed by atoms with Gasteiger partial charge in [0.15, 0.2) is 0 Å². The number of sulfonamides is 1. The van der Waals surface area contributed by atoms with Crippen molar-refractivity contribution in [3.8, 4) is 5.69 Å². The number of hydrogen-bond donors (Lipinski definition) is 0. The van der Waals surface area contributed by atoms with Gasteiger partial charge < -0.3 is 4.74 Å². The van der Waals surface area contributed by atoms with Crippen molar-refractivity contribution >= 4 is 27.4 Å². The first-order valence-electron chi connectivity index (χ1n) is 8.66. The van der Waals surface area contributed by atoms with Crippen LogP contribution in [0.4, 0.5) is 11.4 Å². The minimum atomic E-state index is -4.06. The molecule has 0 aliphatic carbocycles. The fourth-order valence-corrected chi connectivity index (χ4v) is 4.27. The van der Waals surface area contributed by atoms with E-state index in [1.807, 2.05) is 0 Å². The number of nitrogens with zero attached hydrogens (tertiary/aromatic N) is 5. The molecule has 1 heterocycles. The summed E-state index contributed by atoms with van der Waals surface area (Å²) in [5, 5.41) is 15.5. The van der Waals surface area contributed by atoms with E-state index in [0.29, 0.717) is 5.69 Å². The van der Waals surface area contributed by atoms with E-state index in [-0.39, 0.29) is 23.0 Å². The smallest absolute Gasteiger partial charge is 0.377 e. The Morgan fingerprint density at radius 2 is 1.93 bits per heavy atom. The van der Waals surface area contributed by atoms with E-state index in [1.54, 1.807) is 37.3 Å². The third-order valence-electron chi connectivity index (χ3n) is 4.17. The molecule has 12 heteroatoms. The highest BCUT2D eigenvalue weighted by atomic mass is 32.2. The molecule has 0 fully saturated rings. The van der Waals surface area contributed by atoms with Crippen LogP contribution in [-0.2, 0) is 14.8 Å². The van der Waals surface area contributed by atoms with E-state index in [2.05, 4.69) is 14.8 Å². The third kappa shape index (κ3) is 3.85. The molecular weight excluding hydrogens is 414 g/mol. The predicted octanol–water partition coefficient (Wildman–Crippen LogP) is 2.18. The Labute approximate surface area is 171 Å². The van der Waals surface area contributed by atoms with E-state index in [1.165, 1.54) is 12.1 Å². The van der Waals surface area contributed by atoms with E-state index in [0.717, 1.165) is 28.5 Å². The molecule has 0 bridgehead atoms. The van der Waals surface area contributed by atoms with Crippen LogP contribution in [0.25, 0.3) is 5.69 Å². The van der Waals surface area contributed by atoms with Gasteiger partial charge in [-0.05, 0) is 31.2 Å². The Balaban J connectivity index is 2.08. The number of nitro groups is 1. The molecule has 0 unspecified atom stereocenters. The van der Waals surface area contributed by atoms with Gasteiger partial charge in [-0.3, -0.25) is 14.4 Å². The lowest BCUT2D eigenvalue weighted by Gasteiger charge is -2.23. The summed E-state index contributed by atoms with van der Waals surface area (Å²) in [6.07, 6.45) is 1.10. The molecule has 0 aliphatic rings. The third-order valence-corrected chi connectivity index (χ3v) is 6.07. The highest BCUT2D eigenvalue weighted by molar-refractivity contribution is 7.92. The first-order valence-corrected chi connectivity index (χ1v) is 10.1. The molecule has 11 nitrogen and oxygen atoms in total. The second kappa shape index (κ2) is 8.29. The van der Waals surface area contributed by atoms with Crippen molar-refractivity contribution in [2.45, 2.75) is 11.8 Å². The number of aromatic nitrogens is 3. The van der Waals surface area contributed by atoms with Crippen LogP contribution >= 0.6 is 0 Å². The van der Waals surface area contributed by atoms with Crippen molar-refractivity contribution in [3.63, 3.8) is 0 Å². The van der Waals surface area contributed by atoms with Gasteiger partial charge in [0.2, 0.25) is 0 Å². The van der Waals surface area contributed by atoms with Crippen LogP contribution in [0.2, 0.25) is 0 Å². The Kier molecular flexibility index (Phi) is 5.78. The van der Waals surface area contributed by atoms with Crippen LogP contribution in [-0.4, -0.2) is 47.7 Å². The lowest BCUT2D eigenvalue weighted by atomic mass is 10.3. The van der Waals surface area contributed by atoms with Crippen molar-refractivity contribution < 1.29 is 22.9 Å². The number of carbonyl (C=O) groups excluding carboxylic acids is 1. The average Bonchev–Trinajstić information content (AvgIpc) is 3.24. The highest BCUT2D eigenvalue weighted by Crippen LogP contribution is 2.29. The van der Waals surface area contributed by atoms with Gasteiger partial charge in [0.1, 0.15) is 12.0 Å². The number of esters is 1. The normalized spacial score (nSPS) is 11.1. The van der Waals surface area contributed by atoms with Crippen LogP contribution in [0.3, 0.4) is 0 Å². The Morgan fingerprint density at radius 1 is 1.23 bits per heavy atom. The number of nitro benzene ring substituents is 1. The zero-order valence-electron chi connectivity index (χ0n) is 16.0. The molecule has 0 atom stereocenters. The minimum Gasteiger partial charge on any atom is -0.463 e. The molecule has 156 valence electrons. The number of anilines is 1. The topological polar surface area (TPSA) is 138 Å². The molecule has 1 aromatic heterocycles. The van der Waals surface area contributed by atoms with Crippen molar-refractivity contribution in [1.82, 2.24) is 14.8 Å². The molecule has 0 amide bonds. The standard InChI is InChI=1S/C18H17N5O6S/c1-3-22(13-7-5-4-6-8-13)30(27,28)14-9-10-15(16(11-14)23(25)26)21-12-19-17(20-21)18(24)29-2/h4-12H,3H2,1-2H3. The Hall–Kier alpha value is -3.80. The summed E-state index contributed by atoms with van der Waals surface area (Å²) in [5.41, 5.74) is -0.128. The molecule has 3 rings (SSSR count). The van der Waals surface area contributed by atoms with Crippen LogP contribution in [0, 0.1) is 10.1 Å². The SMILES string of the molecule is CCN(c1ccccc1)S(=O)(=O)c1ccc(-n2cnc(C(=O)OC)n2)c([N+](=O)[O-])c1. The monoisotopic (exact) mass is 431 g/mol. The van der Waals surface area contributed by atoms with Gasteiger partial charge >= 0.3 is 5.97 Å². The summed E-state index contributed by atoms with van der Waals surface area (Å²) < 4.78 is 32.9. The number of hydrogen-bond acceptors (Lipinski definition) is 8. The zero-order valence-corrected chi connectivity index (χ0v) is 16.8. The van der Waals surface area contributed by atoms with Crippen LogP contribution in [0.1, 0.15) is 17.5 Å². The second-order valence-corrected chi connectivity index (χ2v) is 7.78. The van der Waals surface area contributed by atoms with Gasteiger partial charge in [-0.2, -0.15) is 0 Å². The van der Waals surface area contributed by atoms with Crippen molar-refractivity contribution in [1.29, 1.82) is 0 Å². The van der Waals surface area contributed by atoms with Crippen molar-refractivity contribution in [2.75, 3.05) is 18.0 Å². The molecule has 0 saturated carbocycles. The van der Waals surface area contributed by atoms with Gasteiger partial charge in [-0.25, -0.2) is 22.9 Å². The van der Waals surface area contributed by atoms with E-state index in [9.17, 15) is 23.3 Å². The zero-order chi connectivity index (χ0) is 21.9. The molecule has 0 spiro atoms. The molecule has 3 aromatic rings. The predicted molar refractivity (Wildman–Crippen MR) is 106 cm³/mol. The summed E-state index contributed by atoms with van der Waals surface area (Å²) >= 11 is 0.